The Morgan fingerprint density at radius 2 is 1.85 bits per heavy atom. The van der Waals surface area contributed by atoms with Crippen LogP contribution in [0, 0.1) is 20.8 Å². The minimum absolute atomic E-state index is 0.668. The number of H-pyrrole nitrogens is 1. The molecular formula is C26H22N6O2. The molecule has 0 atom stereocenters. The van der Waals surface area contributed by atoms with E-state index in [-0.39, 0.29) is 0 Å². The molecular weight excluding hydrogens is 428 g/mol. The predicted octanol–water partition coefficient (Wildman–Crippen LogP) is 5.55. The largest absolute Gasteiger partial charge is 0.496 e. The summed E-state index contributed by atoms with van der Waals surface area (Å²) in [4.78, 5) is 17.6. The van der Waals surface area contributed by atoms with Crippen molar-refractivity contribution in [2.24, 2.45) is 0 Å². The Morgan fingerprint density at radius 1 is 1.03 bits per heavy atom. The molecule has 0 fully saturated rings. The summed E-state index contributed by atoms with van der Waals surface area (Å²) in [5.41, 5.74) is 6.92. The summed E-state index contributed by atoms with van der Waals surface area (Å²) >= 11 is 0. The molecule has 0 bridgehead atoms. The standard InChI is InChI=1S/C26H22N6O2/c1-14-23(15(2)34-31-14)19-10-20-18(11-22(19)33-4)24-25(28-16(3)29-26(24)30-20)21-12-32(13-27-21)17-8-6-5-7-9-17/h5-13H,1-4H3,(H,28,29,30). The zero-order chi connectivity index (χ0) is 23.4. The van der Waals surface area contributed by atoms with Crippen molar-refractivity contribution in [1.29, 1.82) is 0 Å². The van der Waals surface area contributed by atoms with E-state index in [1.807, 2.05) is 67.9 Å². The van der Waals surface area contributed by atoms with Crippen LogP contribution in [0.3, 0.4) is 0 Å². The van der Waals surface area contributed by atoms with E-state index in [2.05, 4.69) is 26.2 Å². The first kappa shape index (κ1) is 20.2. The maximum Gasteiger partial charge on any atom is 0.142 e. The lowest BCUT2D eigenvalue weighted by molar-refractivity contribution is 0.393. The van der Waals surface area contributed by atoms with Gasteiger partial charge in [0.05, 0.1) is 30.1 Å². The number of benzene rings is 2. The van der Waals surface area contributed by atoms with E-state index in [1.54, 1.807) is 13.4 Å². The molecule has 0 amide bonds. The van der Waals surface area contributed by atoms with Crippen molar-refractivity contribution < 1.29 is 9.26 Å². The van der Waals surface area contributed by atoms with Crippen LogP contribution in [0.1, 0.15) is 17.3 Å². The Bertz CT molecular complexity index is 1660. The minimum atomic E-state index is 0.668. The number of aromatic amines is 1. The van der Waals surface area contributed by atoms with Gasteiger partial charge in [0.25, 0.3) is 0 Å². The first-order valence-corrected chi connectivity index (χ1v) is 10.9. The Kier molecular flexibility index (Phi) is 4.48. The van der Waals surface area contributed by atoms with Gasteiger partial charge in [0.15, 0.2) is 0 Å². The number of methoxy groups -OCH3 is 1. The van der Waals surface area contributed by atoms with Crippen LogP contribution in [0.4, 0.5) is 0 Å². The third-order valence-corrected chi connectivity index (χ3v) is 6.07. The molecule has 8 heteroatoms. The van der Waals surface area contributed by atoms with Crippen molar-refractivity contribution in [3.63, 3.8) is 0 Å². The average Bonchev–Trinajstić information content (AvgIpc) is 3.55. The number of ether oxygens (including phenoxy) is 1. The Labute approximate surface area is 195 Å². The first-order valence-electron chi connectivity index (χ1n) is 10.9. The van der Waals surface area contributed by atoms with Gasteiger partial charge in [-0.15, -0.1) is 0 Å². The van der Waals surface area contributed by atoms with Crippen LogP contribution in [-0.4, -0.2) is 36.8 Å². The van der Waals surface area contributed by atoms with Gasteiger partial charge in [0.2, 0.25) is 0 Å². The highest BCUT2D eigenvalue weighted by Gasteiger charge is 2.21. The van der Waals surface area contributed by atoms with E-state index >= 15 is 0 Å². The molecule has 2 aromatic carbocycles. The smallest absolute Gasteiger partial charge is 0.142 e. The van der Waals surface area contributed by atoms with Crippen LogP contribution in [0.25, 0.3) is 50.1 Å². The minimum Gasteiger partial charge on any atom is -0.496 e. The van der Waals surface area contributed by atoms with Gasteiger partial charge in [-0.3, -0.25) is 0 Å². The van der Waals surface area contributed by atoms with Crippen LogP contribution in [0.2, 0.25) is 0 Å². The van der Waals surface area contributed by atoms with E-state index in [1.165, 1.54) is 0 Å². The number of hydrogen-bond donors (Lipinski definition) is 1. The van der Waals surface area contributed by atoms with E-state index in [4.69, 9.17) is 14.2 Å². The van der Waals surface area contributed by atoms with Gasteiger partial charge in [-0.05, 0) is 45.0 Å². The molecule has 6 aromatic rings. The molecule has 0 radical (unpaired) electrons. The molecule has 0 aliphatic carbocycles. The van der Waals surface area contributed by atoms with Gasteiger partial charge < -0.3 is 18.8 Å². The molecule has 4 heterocycles. The second kappa shape index (κ2) is 7.55. The van der Waals surface area contributed by atoms with E-state index in [0.717, 1.165) is 67.3 Å². The number of aryl methyl sites for hydroxylation is 3. The van der Waals surface area contributed by atoms with Crippen LogP contribution in [-0.2, 0) is 0 Å². The van der Waals surface area contributed by atoms with Crippen molar-refractivity contribution in [3.05, 3.63) is 72.3 Å². The molecule has 34 heavy (non-hydrogen) atoms. The van der Waals surface area contributed by atoms with Crippen LogP contribution in [0.15, 0.2) is 59.5 Å². The molecule has 4 aromatic heterocycles. The summed E-state index contributed by atoms with van der Waals surface area (Å²) in [6.07, 6.45) is 3.80. The van der Waals surface area contributed by atoms with Crippen LogP contribution in [0.5, 0.6) is 5.75 Å². The number of fused-ring (bicyclic) bond motifs is 3. The summed E-state index contributed by atoms with van der Waals surface area (Å²) < 4.78 is 13.2. The highest BCUT2D eigenvalue weighted by Crippen LogP contribution is 2.41. The third-order valence-electron chi connectivity index (χ3n) is 6.07. The highest BCUT2D eigenvalue weighted by molar-refractivity contribution is 6.13. The molecule has 0 unspecified atom stereocenters. The number of aromatic nitrogens is 6. The molecule has 0 saturated carbocycles. The van der Waals surface area contributed by atoms with Crippen molar-refractivity contribution in [3.8, 4) is 34.0 Å². The predicted molar refractivity (Wildman–Crippen MR) is 130 cm³/mol. The molecule has 0 saturated heterocycles. The fraction of sp³-hybridized carbons (Fsp3) is 0.154. The number of nitrogens with zero attached hydrogens (tertiary/aromatic N) is 5. The highest BCUT2D eigenvalue weighted by atomic mass is 16.5. The van der Waals surface area contributed by atoms with Gasteiger partial charge >= 0.3 is 0 Å². The van der Waals surface area contributed by atoms with Gasteiger partial charge in [-0.25, -0.2) is 15.0 Å². The lowest BCUT2D eigenvalue weighted by Gasteiger charge is -2.09. The zero-order valence-corrected chi connectivity index (χ0v) is 19.2. The number of rotatable bonds is 4. The zero-order valence-electron chi connectivity index (χ0n) is 19.2. The van der Waals surface area contributed by atoms with Crippen LogP contribution >= 0.6 is 0 Å². The maximum absolute atomic E-state index is 5.79. The van der Waals surface area contributed by atoms with Crippen molar-refractivity contribution in [1.82, 2.24) is 29.7 Å². The summed E-state index contributed by atoms with van der Waals surface area (Å²) in [6, 6.07) is 14.2. The fourth-order valence-electron chi connectivity index (χ4n) is 4.54. The normalized spacial score (nSPS) is 11.5. The maximum atomic E-state index is 5.79. The summed E-state index contributed by atoms with van der Waals surface area (Å²) in [5, 5.41) is 5.98. The third kappa shape index (κ3) is 3.07. The number of hydrogen-bond acceptors (Lipinski definition) is 6. The fourth-order valence-corrected chi connectivity index (χ4v) is 4.54. The quantitative estimate of drug-likeness (QED) is 0.378. The second-order valence-electron chi connectivity index (χ2n) is 8.27. The van der Waals surface area contributed by atoms with Gasteiger partial charge in [-0.2, -0.15) is 0 Å². The summed E-state index contributed by atoms with van der Waals surface area (Å²) in [5.74, 6) is 2.14. The average molecular weight is 451 g/mol. The van der Waals surface area contributed by atoms with Gasteiger partial charge in [0.1, 0.15) is 34.4 Å². The van der Waals surface area contributed by atoms with E-state index in [0.29, 0.717) is 5.82 Å². The lowest BCUT2D eigenvalue weighted by atomic mass is 10.0. The SMILES string of the molecule is COc1cc2c(cc1-c1c(C)noc1C)[nH]c1nc(C)nc(-c3cn(-c4ccccc4)cn3)c12. The number of para-hydroxylation sites is 1. The second-order valence-corrected chi connectivity index (χ2v) is 8.27. The summed E-state index contributed by atoms with van der Waals surface area (Å²) in [7, 11) is 1.67. The van der Waals surface area contributed by atoms with Gasteiger partial charge in [0, 0.05) is 28.4 Å². The van der Waals surface area contributed by atoms with Crippen molar-refractivity contribution in [2.75, 3.05) is 7.11 Å². The molecule has 0 aliphatic rings. The number of nitrogens with one attached hydrogen (secondary N) is 1. The molecule has 168 valence electrons. The number of imidazole rings is 1. The summed E-state index contributed by atoms with van der Waals surface area (Å²) in [6.45, 7) is 5.72. The molecule has 0 spiro atoms. The topological polar surface area (TPSA) is 94.7 Å². The van der Waals surface area contributed by atoms with Gasteiger partial charge in [-0.1, -0.05) is 23.4 Å². The van der Waals surface area contributed by atoms with E-state index < -0.39 is 0 Å². The van der Waals surface area contributed by atoms with Crippen molar-refractivity contribution >= 4 is 21.9 Å². The van der Waals surface area contributed by atoms with E-state index in [9.17, 15) is 0 Å². The Morgan fingerprint density at radius 3 is 2.59 bits per heavy atom. The monoisotopic (exact) mass is 450 g/mol. The van der Waals surface area contributed by atoms with Crippen molar-refractivity contribution in [2.45, 2.75) is 20.8 Å². The Hall–Kier alpha value is -4.46. The molecule has 1 N–H and O–H groups in total. The van der Waals surface area contributed by atoms with Crippen LogP contribution < -0.4 is 4.74 Å². The Balaban J connectivity index is 1.60. The molecule has 6 rings (SSSR count). The first-order chi connectivity index (χ1) is 16.5. The lowest BCUT2D eigenvalue weighted by Crippen LogP contribution is -1.94. The molecule has 8 nitrogen and oxygen atoms in total. The molecule has 0 aliphatic heterocycles.